The molecule has 3 aromatic rings. The number of carbonyl (C=O) groups is 1. The van der Waals surface area contributed by atoms with E-state index in [1.165, 1.54) is 0 Å². The van der Waals surface area contributed by atoms with Crippen molar-refractivity contribution >= 4 is 28.5 Å². The number of rotatable bonds is 3. The van der Waals surface area contributed by atoms with Crippen molar-refractivity contribution < 1.29 is 9.53 Å². The summed E-state index contributed by atoms with van der Waals surface area (Å²) in [6.07, 6.45) is 0. The van der Waals surface area contributed by atoms with Gasteiger partial charge in [-0.25, -0.2) is 4.79 Å². The number of hydrogen-bond donors (Lipinski definition) is 1. The standard InChI is InChI=1S/C18H14ClNO3/c1-2-23-18(22)16-15(11-7-9-12(19)10-8-11)13-5-3-4-6-14(13)20-17(16)21/h3-10H,2H2,1H3,(H,20,21). The highest BCUT2D eigenvalue weighted by Crippen LogP contribution is 2.30. The number of carbonyl (C=O) groups excluding carboxylic acids is 1. The SMILES string of the molecule is CCOC(=O)c1c(-c2ccc(Cl)cc2)c2ccccc2[nH]c1=O. The van der Waals surface area contributed by atoms with Gasteiger partial charge in [-0.3, -0.25) is 4.79 Å². The van der Waals surface area contributed by atoms with Gasteiger partial charge < -0.3 is 9.72 Å². The topological polar surface area (TPSA) is 59.2 Å². The third-order valence-corrected chi connectivity index (χ3v) is 3.79. The van der Waals surface area contributed by atoms with Crippen LogP contribution in [-0.4, -0.2) is 17.6 Å². The van der Waals surface area contributed by atoms with Crippen LogP contribution in [0.3, 0.4) is 0 Å². The van der Waals surface area contributed by atoms with E-state index in [1.807, 2.05) is 18.2 Å². The number of nitrogens with one attached hydrogen (secondary N) is 1. The number of halogens is 1. The Bertz CT molecular complexity index is 929. The molecule has 0 saturated heterocycles. The first-order valence-corrected chi connectivity index (χ1v) is 7.57. The summed E-state index contributed by atoms with van der Waals surface area (Å²) in [6.45, 7) is 1.90. The molecule has 23 heavy (non-hydrogen) atoms. The molecule has 0 fully saturated rings. The van der Waals surface area contributed by atoms with E-state index in [0.29, 0.717) is 16.1 Å². The van der Waals surface area contributed by atoms with Crippen molar-refractivity contribution in [2.75, 3.05) is 6.61 Å². The van der Waals surface area contributed by atoms with Crippen LogP contribution in [0.25, 0.3) is 22.0 Å². The summed E-state index contributed by atoms with van der Waals surface area (Å²) in [5.74, 6) is -0.635. The second kappa shape index (κ2) is 6.26. The Morgan fingerprint density at radius 1 is 1.13 bits per heavy atom. The van der Waals surface area contributed by atoms with E-state index in [4.69, 9.17) is 16.3 Å². The highest BCUT2D eigenvalue weighted by molar-refractivity contribution is 6.30. The number of esters is 1. The summed E-state index contributed by atoms with van der Waals surface area (Å²) in [6, 6.07) is 14.4. The Kier molecular flexibility index (Phi) is 4.17. The fraction of sp³-hybridized carbons (Fsp3) is 0.111. The molecule has 0 atom stereocenters. The maximum absolute atomic E-state index is 12.4. The summed E-state index contributed by atoms with van der Waals surface area (Å²) in [5.41, 5.74) is 1.50. The van der Waals surface area contributed by atoms with Crippen LogP contribution in [0.2, 0.25) is 5.02 Å². The molecule has 0 aliphatic rings. The maximum atomic E-state index is 12.4. The van der Waals surface area contributed by atoms with Crippen molar-refractivity contribution in [1.29, 1.82) is 0 Å². The molecule has 1 N–H and O–H groups in total. The monoisotopic (exact) mass is 327 g/mol. The Morgan fingerprint density at radius 2 is 1.83 bits per heavy atom. The Balaban J connectivity index is 2.39. The third kappa shape index (κ3) is 2.85. The normalized spacial score (nSPS) is 10.7. The quantitative estimate of drug-likeness (QED) is 0.739. The number of benzene rings is 2. The first kappa shape index (κ1) is 15.3. The first-order valence-electron chi connectivity index (χ1n) is 7.20. The highest BCUT2D eigenvalue weighted by atomic mass is 35.5. The van der Waals surface area contributed by atoms with Crippen LogP contribution in [0, 0.1) is 0 Å². The van der Waals surface area contributed by atoms with Crippen molar-refractivity contribution in [3.05, 3.63) is 69.5 Å². The zero-order valence-corrected chi connectivity index (χ0v) is 13.2. The minimum Gasteiger partial charge on any atom is -0.462 e. The lowest BCUT2D eigenvalue weighted by Gasteiger charge is -2.12. The molecule has 0 amide bonds. The van der Waals surface area contributed by atoms with Gasteiger partial charge in [0.1, 0.15) is 5.56 Å². The van der Waals surface area contributed by atoms with Gasteiger partial charge in [-0.15, -0.1) is 0 Å². The van der Waals surface area contributed by atoms with Crippen LogP contribution in [0.1, 0.15) is 17.3 Å². The Labute approximate surface area is 137 Å². The molecular weight excluding hydrogens is 314 g/mol. The minimum atomic E-state index is -0.635. The number of hydrogen-bond acceptors (Lipinski definition) is 3. The van der Waals surface area contributed by atoms with Crippen LogP contribution in [0.5, 0.6) is 0 Å². The molecule has 116 valence electrons. The fourth-order valence-corrected chi connectivity index (χ4v) is 2.68. The van der Waals surface area contributed by atoms with Gasteiger partial charge in [0, 0.05) is 21.5 Å². The van der Waals surface area contributed by atoms with Gasteiger partial charge in [0.25, 0.3) is 5.56 Å². The van der Waals surface area contributed by atoms with Crippen molar-refractivity contribution in [1.82, 2.24) is 4.98 Å². The second-order valence-corrected chi connectivity index (χ2v) is 5.41. The van der Waals surface area contributed by atoms with Gasteiger partial charge in [0.05, 0.1) is 6.61 Å². The average Bonchev–Trinajstić information content (AvgIpc) is 2.54. The van der Waals surface area contributed by atoms with Crippen molar-refractivity contribution in [3.8, 4) is 11.1 Å². The molecule has 0 unspecified atom stereocenters. The molecule has 3 rings (SSSR count). The predicted molar refractivity (Wildman–Crippen MR) is 91.0 cm³/mol. The van der Waals surface area contributed by atoms with Gasteiger partial charge in [-0.1, -0.05) is 41.9 Å². The summed E-state index contributed by atoms with van der Waals surface area (Å²) in [7, 11) is 0. The van der Waals surface area contributed by atoms with E-state index in [2.05, 4.69) is 4.98 Å². The summed E-state index contributed by atoms with van der Waals surface area (Å²) in [4.78, 5) is 27.5. The zero-order valence-electron chi connectivity index (χ0n) is 12.4. The Morgan fingerprint density at radius 3 is 2.52 bits per heavy atom. The summed E-state index contributed by atoms with van der Waals surface area (Å²) >= 11 is 5.94. The smallest absolute Gasteiger partial charge is 0.344 e. The van der Waals surface area contributed by atoms with Gasteiger partial charge in [0.15, 0.2) is 0 Å². The fourth-order valence-electron chi connectivity index (χ4n) is 2.56. The first-order chi connectivity index (χ1) is 11.1. The van der Waals surface area contributed by atoms with E-state index in [0.717, 1.165) is 10.9 Å². The van der Waals surface area contributed by atoms with Gasteiger partial charge in [-0.2, -0.15) is 0 Å². The number of aromatic amines is 1. The average molecular weight is 328 g/mol. The molecule has 0 bridgehead atoms. The molecule has 0 aliphatic heterocycles. The van der Waals surface area contributed by atoms with Gasteiger partial charge in [-0.05, 0) is 30.7 Å². The Hall–Kier alpha value is -2.59. The molecule has 5 heteroatoms. The van der Waals surface area contributed by atoms with E-state index in [-0.39, 0.29) is 12.2 Å². The van der Waals surface area contributed by atoms with Crippen LogP contribution in [-0.2, 0) is 4.74 Å². The number of H-pyrrole nitrogens is 1. The summed E-state index contributed by atoms with van der Waals surface area (Å²) in [5, 5.41) is 1.36. The van der Waals surface area contributed by atoms with E-state index in [9.17, 15) is 9.59 Å². The predicted octanol–water partition coefficient (Wildman–Crippen LogP) is 4.03. The van der Waals surface area contributed by atoms with Crippen LogP contribution in [0.4, 0.5) is 0 Å². The minimum absolute atomic E-state index is 0.00729. The molecule has 1 aromatic heterocycles. The molecular formula is C18H14ClNO3. The second-order valence-electron chi connectivity index (χ2n) is 4.98. The van der Waals surface area contributed by atoms with Crippen molar-refractivity contribution in [2.24, 2.45) is 0 Å². The molecule has 0 aliphatic carbocycles. The highest BCUT2D eigenvalue weighted by Gasteiger charge is 2.21. The van der Waals surface area contributed by atoms with Crippen LogP contribution in [0.15, 0.2) is 53.3 Å². The zero-order chi connectivity index (χ0) is 16.4. The van der Waals surface area contributed by atoms with Crippen molar-refractivity contribution in [3.63, 3.8) is 0 Å². The summed E-state index contributed by atoms with van der Waals surface area (Å²) < 4.78 is 5.06. The number of ether oxygens (including phenoxy) is 1. The van der Waals surface area contributed by atoms with Crippen LogP contribution < -0.4 is 5.56 Å². The van der Waals surface area contributed by atoms with Gasteiger partial charge >= 0.3 is 5.97 Å². The third-order valence-electron chi connectivity index (χ3n) is 3.53. The number of para-hydroxylation sites is 1. The molecule has 0 radical (unpaired) electrons. The van der Waals surface area contributed by atoms with E-state index in [1.54, 1.807) is 37.3 Å². The number of pyridine rings is 1. The van der Waals surface area contributed by atoms with Crippen molar-refractivity contribution in [2.45, 2.75) is 6.92 Å². The molecule has 0 saturated carbocycles. The molecule has 0 spiro atoms. The lowest BCUT2D eigenvalue weighted by molar-refractivity contribution is 0.0525. The van der Waals surface area contributed by atoms with E-state index < -0.39 is 11.5 Å². The van der Waals surface area contributed by atoms with E-state index >= 15 is 0 Å². The largest absolute Gasteiger partial charge is 0.462 e. The molecule has 4 nitrogen and oxygen atoms in total. The number of fused-ring (bicyclic) bond motifs is 1. The lowest BCUT2D eigenvalue weighted by atomic mass is 9.96. The van der Waals surface area contributed by atoms with Gasteiger partial charge in [0.2, 0.25) is 0 Å². The maximum Gasteiger partial charge on any atom is 0.344 e. The lowest BCUT2D eigenvalue weighted by Crippen LogP contribution is -2.21. The number of aromatic nitrogens is 1. The molecule has 2 aromatic carbocycles. The molecule has 1 heterocycles. The van der Waals surface area contributed by atoms with Crippen LogP contribution >= 0.6 is 11.6 Å².